The predicted octanol–water partition coefficient (Wildman–Crippen LogP) is 6.88. The molecule has 35 heavy (non-hydrogen) atoms. The third-order valence-electron chi connectivity index (χ3n) is 7.01. The molecule has 6 heteroatoms. The number of carbonyl (C=O) groups excluding carboxylic acids is 1. The van der Waals surface area contributed by atoms with Gasteiger partial charge in [0.15, 0.2) is 0 Å². The lowest BCUT2D eigenvalue weighted by atomic mass is 9.89. The van der Waals surface area contributed by atoms with Crippen LogP contribution in [0.15, 0.2) is 42.5 Å². The lowest BCUT2D eigenvalue weighted by Gasteiger charge is -2.20. The van der Waals surface area contributed by atoms with E-state index in [0.717, 1.165) is 85.7 Å². The molecule has 1 amide bonds. The Balaban J connectivity index is 1.23. The first-order chi connectivity index (χ1) is 17.1. The van der Waals surface area contributed by atoms with Crippen LogP contribution in [0.3, 0.4) is 0 Å². The van der Waals surface area contributed by atoms with Crippen LogP contribution in [0.2, 0.25) is 5.02 Å². The summed E-state index contributed by atoms with van der Waals surface area (Å²) in [4.78, 5) is 17.2. The molecule has 0 bridgehead atoms. The Kier molecular flexibility index (Phi) is 9.47. The third-order valence-corrected chi connectivity index (χ3v) is 7.43. The van der Waals surface area contributed by atoms with Gasteiger partial charge in [-0.25, -0.2) is 4.98 Å². The van der Waals surface area contributed by atoms with Crippen molar-refractivity contribution in [2.75, 3.05) is 13.2 Å². The number of imidazole rings is 1. The first-order valence-electron chi connectivity index (χ1n) is 13.2. The summed E-state index contributed by atoms with van der Waals surface area (Å²) in [5.74, 6) is 2.51. The number of aromatic nitrogens is 2. The van der Waals surface area contributed by atoms with Crippen LogP contribution in [0.5, 0.6) is 5.75 Å². The van der Waals surface area contributed by atoms with E-state index in [2.05, 4.69) is 28.1 Å². The van der Waals surface area contributed by atoms with Gasteiger partial charge in [-0.15, -0.1) is 0 Å². The van der Waals surface area contributed by atoms with Crippen molar-refractivity contribution in [3.8, 4) is 5.75 Å². The second-order valence-corrected chi connectivity index (χ2v) is 10.1. The van der Waals surface area contributed by atoms with E-state index in [1.165, 1.54) is 24.8 Å². The molecule has 0 aliphatic heterocycles. The molecule has 1 fully saturated rings. The van der Waals surface area contributed by atoms with Crippen LogP contribution in [-0.4, -0.2) is 28.6 Å². The van der Waals surface area contributed by atoms with Gasteiger partial charge in [-0.05, 0) is 74.9 Å². The van der Waals surface area contributed by atoms with Crippen molar-refractivity contribution in [1.82, 2.24) is 14.9 Å². The zero-order valence-corrected chi connectivity index (χ0v) is 21.7. The number of aryl methyl sites for hydroxylation is 3. The number of nitrogens with one attached hydrogen (secondary N) is 1. The average molecular weight is 496 g/mol. The van der Waals surface area contributed by atoms with E-state index in [1.54, 1.807) is 0 Å². The maximum absolute atomic E-state index is 12.3. The van der Waals surface area contributed by atoms with Gasteiger partial charge >= 0.3 is 0 Å². The van der Waals surface area contributed by atoms with Gasteiger partial charge in [-0.2, -0.15) is 0 Å². The molecule has 0 spiro atoms. The molecule has 1 aliphatic carbocycles. The normalized spacial score (nSPS) is 14.3. The Morgan fingerprint density at radius 2 is 1.91 bits per heavy atom. The predicted molar refractivity (Wildman–Crippen MR) is 143 cm³/mol. The fourth-order valence-electron chi connectivity index (χ4n) is 4.99. The number of ether oxygens (including phenoxy) is 1. The number of unbranched alkanes of at least 4 members (excludes halogenated alkanes) is 2. The van der Waals surface area contributed by atoms with Crippen molar-refractivity contribution in [3.63, 3.8) is 0 Å². The topological polar surface area (TPSA) is 56.1 Å². The molecule has 0 unspecified atom stereocenters. The molecular weight excluding hydrogens is 458 g/mol. The molecule has 1 aliphatic rings. The minimum atomic E-state index is 0.247. The SMILES string of the molecule is Cc1cc(OCCCn2c(CCCCCNC(=O)C3CCCCC3)nc3ccccc32)ccc1Cl. The summed E-state index contributed by atoms with van der Waals surface area (Å²) in [6.07, 6.45) is 10.8. The van der Waals surface area contributed by atoms with Crippen molar-refractivity contribution in [3.05, 3.63) is 58.9 Å². The number of nitrogens with zero attached hydrogens (tertiary/aromatic N) is 2. The standard InChI is InChI=1S/C29H38ClN3O2/c1-22-21-24(16-17-25(22)30)35-20-10-19-33-27-14-8-7-13-26(27)32-28(33)15-6-3-9-18-31-29(34)23-11-4-2-5-12-23/h7-8,13-14,16-17,21,23H,2-6,9-12,15,18-20H2,1H3,(H,31,34). The number of rotatable bonds is 12. The number of hydrogen-bond acceptors (Lipinski definition) is 3. The van der Waals surface area contributed by atoms with Crippen molar-refractivity contribution in [2.45, 2.75) is 77.7 Å². The lowest BCUT2D eigenvalue weighted by Crippen LogP contribution is -2.32. The Morgan fingerprint density at radius 1 is 1.09 bits per heavy atom. The molecule has 1 aromatic heterocycles. The zero-order chi connectivity index (χ0) is 24.5. The summed E-state index contributed by atoms with van der Waals surface area (Å²) in [6.45, 7) is 4.30. The van der Waals surface area contributed by atoms with Crippen LogP contribution in [0.1, 0.15) is 69.2 Å². The summed E-state index contributed by atoms with van der Waals surface area (Å²) in [5.41, 5.74) is 3.27. The molecule has 0 saturated heterocycles. The number of hydrogen-bond donors (Lipinski definition) is 1. The number of fused-ring (bicyclic) bond motifs is 1. The highest BCUT2D eigenvalue weighted by atomic mass is 35.5. The largest absolute Gasteiger partial charge is 0.494 e. The number of amides is 1. The zero-order valence-electron chi connectivity index (χ0n) is 20.9. The van der Waals surface area contributed by atoms with E-state index >= 15 is 0 Å². The number of benzene rings is 2. The molecule has 188 valence electrons. The van der Waals surface area contributed by atoms with E-state index in [0.29, 0.717) is 6.61 Å². The van der Waals surface area contributed by atoms with Crippen molar-refractivity contribution >= 4 is 28.5 Å². The summed E-state index contributed by atoms with van der Waals surface area (Å²) in [5, 5.41) is 3.92. The van der Waals surface area contributed by atoms with Gasteiger partial charge in [0, 0.05) is 30.5 Å². The maximum Gasteiger partial charge on any atom is 0.223 e. The molecule has 1 N–H and O–H groups in total. The molecular formula is C29H38ClN3O2. The highest BCUT2D eigenvalue weighted by Crippen LogP contribution is 2.24. The average Bonchev–Trinajstić information content (AvgIpc) is 3.23. The third kappa shape index (κ3) is 7.23. The lowest BCUT2D eigenvalue weighted by molar-refractivity contribution is -0.125. The molecule has 0 atom stereocenters. The molecule has 0 radical (unpaired) electrons. The van der Waals surface area contributed by atoms with E-state index in [4.69, 9.17) is 21.3 Å². The summed E-state index contributed by atoms with van der Waals surface area (Å²) in [7, 11) is 0. The van der Waals surface area contributed by atoms with Crippen LogP contribution in [0, 0.1) is 12.8 Å². The number of para-hydroxylation sites is 2. The van der Waals surface area contributed by atoms with Gasteiger partial charge in [0.25, 0.3) is 0 Å². The van der Waals surface area contributed by atoms with Crippen molar-refractivity contribution in [1.29, 1.82) is 0 Å². The Morgan fingerprint density at radius 3 is 2.74 bits per heavy atom. The van der Waals surface area contributed by atoms with Crippen LogP contribution in [0.4, 0.5) is 0 Å². The van der Waals surface area contributed by atoms with Gasteiger partial charge in [0.2, 0.25) is 5.91 Å². The Hall–Kier alpha value is -2.53. The van der Waals surface area contributed by atoms with E-state index in [-0.39, 0.29) is 11.8 Å². The second kappa shape index (κ2) is 13.0. The van der Waals surface area contributed by atoms with Crippen LogP contribution in [0.25, 0.3) is 11.0 Å². The van der Waals surface area contributed by atoms with Crippen molar-refractivity contribution in [2.24, 2.45) is 5.92 Å². The molecule has 5 nitrogen and oxygen atoms in total. The highest BCUT2D eigenvalue weighted by Gasteiger charge is 2.20. The minimum Gasteiger partial charge on any atom is -0.494 e. The molecule has 1 heterocycles. The van der Waals surface area contributed by atoms with E-state index < -0.39 is 0 Å². The van der Waals surface area contributed by atoms with E-state index in [1.807, 2.05) is 31.2 Å². The van der Waals surface area contributed by atoms with Crippen molar-refractivity contribution < 1.29 is 9.53 Å². The monoisotopic (exact) mass is 495 g/mol. The summed E-state index contributed by atoms with van der Waals surface area (Å²) < 4.78 is 8.30. The van der Waals surface area contributed by atoms with Crippen LogP contribution >= 0.6 is 11.6 Å². The highest BCUT2D eigenvalue weighted by molar-refractivity contribution is 6.31. The van der Waals surface area contributed by atoms with Gasteiger partial charge in [-0.1, -0.05) is 49.4 Å². The number of carbonyl (C=O) groups is 1. The summed E-state index contributed by atoms with van der Waals surface area (Å²) in [6, 6.07) is 14.1. The van der Waals surface area contributed by atoms with E-state index in [9.17, 15) is 4.79 Å². The molecule has 3 aromatic rings. The van der Waals surface area contributed by atoms with Gasteiger partial charge < -0.3 is 14.6 Å². The number of halogens is 1. The maximum atomic E-state index is 12.3. The van der Waals surface area contributed by atoms with Crippen LogP contribution < -0.4 is 10.1 Å². The van der Waals surface area contributed by atoms with Crippen LogP contribution in [-0.2, 0) is 17.8 Å². The second-order valence-electron chi connectivity index (χ2n) is 9.72. The fourth-order valence-corrected chi connectivity index (χ4v) is 5.11. The molecule has 2 aromatic carbocycles. The minimum absolute atomic E-state index is 0.247. The first kappa shape index (κ1) is 25.6. The quantitative estimate of drug-likeness (QED) is 0.279. The van der Waals surface area contributed by atoms with Gasteiger partial charge in [0.05, 0.1) is 17.6 Å². The van der Waals surface area contributed by atoms with Gasteiger partial charge in [0.1, 0.15) is 11.6 Å². The molecule has 4 rings (SSSR count). The summed E-state index contributed by atoms with van der Waals surface area (Å²) >= 11 is 6.11. The molecule has 1 saturated carbocycles. The van der Waals surface area contributed by atoms with Gasteiger partial charge in [-0.3, -0.25) is 4.79 Å². The Bertz CT molecular complexity index is 1100. The first-order valence-corrected chi connectivity index (χ1v) is 13.6. The smallest absolute Gasteiger partial charge is 0.223 e. The Labute approximate surface area is 214 Å². The fraction of sp³-hybridized carbons (Fsp3) is 0.517.